The maximum absolute atomic E-state index is 13.3. The van der Waals surface area contributed by atoms with Gasteiger partial charge in [0.05, 0.1) is 17.4 Å². The normalized spacial score (nSPS) is 17.2. The topological polar surface area (TPSA) is 64.8 Å². The van der Waals surface area contributed by atoms with Gasteiger partial charge < -0.3 is 14.9 Å². The van der Waals surface area contributed by atoms with E-state index in [1.165, 1.54) is 22.2 Å². The lowest BCUT2D eigenvalue weighted by molar-refractivity contribution is 0.0681. The summed E-state index contributed by atoms with van der Waals surface area (Å²) in [5.74, 6) is 0.104. The number of fused-ring (bicyclic) bond motifs is 4. The Kier molecular flexibility index (Phi) is 3.74. The molecule has 136 valence electrons. The molecule has 2 aromatic heterocycles. The number of hydrogen-bond acceptors (Lipinski definition) is 2. The predicted octanol–water partition coefficient (Wildman–Crippen LogP) is 4.06. The Bertz CT molecular complexity index is 1140. The van der Waals surface area contributed by atoms with Crippen molar-refractivity contribution in [1.29, 1.82) is 0 Å². The third-order valence-corrected chi connectivity index (χ3v) is 5.78. The zero-order chi connectivity index (χ0) is 18.4. The van der Waals surface area contributed by atoms with Gasteiger partial charge in [0.2, 0.25) is 0 Å². The molecule has 5 rings (SSSR count). The van der Waals surface area contributed by atoms with Gasteiger partial charge in [-0.25, -0.2) is 4.98 Å². The van der Waals surface area contributed by atoms with Gasteiger partial charge in [0.1, 0.15) is 0 Å². The summed E-state index contributed by atoms with van der Waals surface area (Å²) < 4.78 is 0. The number of amides is 1. The first-order valence-corrected chi connectivity index (χ1v) is 9.57. The summed E-state index contributed by atoms with van der Waals surface area (Å²) in [6, 6.07) is 14.4. The summed E-state index contributed by atoms with van der Waals surface area (Å²) in [7, 11) is 0. The monoisotopic (exact) mass is 358 g/mol. The molecular weight excluding hydrogens is 336 g/mol. The van der Waals surface area contributed by atoms with E-state index in [-0.39, 0.29) is 11.9 Å². The lowest BCUT2D eigenvalue weighted by Crippen LogP contribution is -2.41. The zero-order valence-electron chi connectivity index (χ0n) is 15.3. The highest BCUT2D eigenvalue weighted by molar-refractivity contribution is 5.97. The summed E-state index contributed by atoms with van der Waals surface area (Å²) in [4.78, 5) is 26.3. The molecule has 0 saturated heterocycles. The molecule has 2 aromatic carbocycles. The van der Waals surface area contributed by atoms with E-state index in [2.05, 4.69) is 51.0 Å². The second-order valence-electron chi connectivity index (χ2n) is 7.28. The fourth-order valence-electron chi connectivity index (χ4n) is 4.33. The number of nitrogens with zero attached hydrogens (tertiary/aromatic N) is 2. The molecule has 0 spiro atoms. The number of H-pyrrole nitrogens is 2. The second kappa shape index (κ2) is 6.27. The van der Waals surface area contributed by atoms with Crippen molar-refractivity contribution in [2.45, 2.75) is 32.2 Å². The van der Waals surface area contributed by atoms with Crippen LogP contribution in [0, 0.1) is 0 Å². The van der Waals surface area contributed by atoms with Crippen molar-refractivity contribution in [1.82, 2.24) is 19.9 Å². The van der Waals surface area contributed by atoms with E-state index in [0.29, 0.717) is 0 Å². The quantitative estimate of drug-likeness (QED) is 0.567. The smallest absolute Gasteiger partial charge is 0.254 e. The van der Waals surface area contributed by atoms with Gasteiger partial charge in [0.25, 0.3) is 5.91 Å². The summed E-state index contributed by atoms with van der Waals surface area (Å²) in [5, 5.41) is 1.29. The van der Waals surface area contributed by atoms with Crippen LogP contribution in [0.2, 0.25) is 0 Å². The first-order valence-electron chi connectivity index (χ1n) is 9.57. The van der Waals surface area contributed by atoms with Crippen LogP contribution in [-0.2, 0) is 12.8 Å². The summed E-state index contributed by atoms with van der Waals surface area (Å²) in [6.07, 6.45) is 4.36. The number of benzene rings is 2. The molecule has 0 radical (unpaired) electrons. The Morgan fingerprint density at radius 2 is 2.11 bits per heavy atom. The van der Waals surface area contributed by atoms with Gasteiger partial charge in [-0.2, -0.15) is 0 Å². The minimum absolute atomic E-state index is 0.104. The molecule has 5 heteroatoms. The number of imidazole rings is 1. The van der Waals surface area contributed by atoms with Gasteiger partial charge in [-0.1, -0.05) is 25.1 Å². The SMILES string of the molecule is CCC1Cc2c([nH]c3ccccc23)CCN1C(=O)c1ccc2nc[nH]c2c1. The van der Waals surface area contributed by atoms with Crippen LogP contribution in [0.5, 0.6) is 0 Å². The van der Waals surface area contributed by atoms with Crippen molar-refractivity contribution < 1.29 is 4.79 Å². The van der Waals surface area contributed by atoms with Crippen molar-refractivity contribution in [3.05, 3.63) is 65.6 Å². The van der Waals surface area contributed by atoms with Crippen molar-refractivity contribution >= 4 is 27.8 Å². The number of aromatic amines is 2. The summed E-state index contributed by atoms with van der Waals surface area (Å²) in [6.45, 7) is 2.90. The summed E-state index contributed by atoms with van der Waals surface area (Å²) in [5.41, 5.74) is 6.35. The minimum Gasteiger partial charge on any atom is -0.358 e. The van der Waals surface area contributed by atoms with Gasteiger partial charge in [0, 0.05) is 41.2 Å². The van der Waals surface area contributed by atoms with Gasteiger partial charge >= 0.3 is 0 Å². The van der Waals surface area contributed by atoms with Gasteiger partial charge in [-0.3, -0.25) is 4.79 Å². The van der Waals surface area contributed by atoms with Crippen LogP contribution in [0.3, 0.4) is 0 Å². The van der Waals surface area contributed by atoms with Crippen molar-refractivity contribution in [3.63, 3.8) is 0 Å². The molecule has 1 unspecified atom stereocenters. The Morgan fingerprint density at radius 1 is 1.22 bits per heavy atom. The average molecular weight is 358 g/mol. The molecule has 3 heterocycles. The molecule has 0 bridgehead atoms. The second-order valence-corrected chi connectivity index (χ2v) is 7.28. The van der Waals surface area contributed by atoms with Crippen LogP contribution in [-0.4, -0.2) is 38.3 Å². The van der Waals surface area contributed by atoms with E-state index < -0.39 is 0 Å². The highest BCUT2D eigenvalue weighted by Crippen LogP contribution is 2.29. The van der Waals surface area contributed by atoms with E-state index in [9.17, 15) is 4.79 Å². The number of aromatic nitrogens is 3. The van der Waals surface area contributed by atoms with Gasteiger partial charge in [-0.15, -0.1) is 0 Å². The lowest BCUT2D eigenvalue weighted by Gasteiger charge is -2.29. The molecule has 1 atom stereocenters. The molecule has 0 fully saturated rings. The predicted molar refractivity (Wildman–Crippen MR) is 107 cm³/mol. The number of rotatable bonds is 2. The zero-order valence-corrected chi connectivity index (χ0v) is 15.3. The first-order chi connectivity index (χ1) is 13.2. The Balaban J connectivity index is 1.50. The van der Waals surface area contributed by atoms with Gasteiger partial charge in [-0.05, 0) is 42.7 Å². The number of carbonyl (C=O) groups excluding carboxylic acids is 1. The number of para-hydroxylation sites is 1. The van der Waals surface area contributed by atoms with Crippen LogP contribution < -0.4 is 0 Å². The molecule has 1 amide bonds. The Hall–Kier alpha value is -3.08. The lowest BCUT2D eigenvalue weighted by atomic mass is 10.0. The van der Waals surface area contributed by atoms with E-state index in [0.717, 1.165) is 42.4 Å². The molecule has 1 aliphatic rings. The van der Waals surface area contributed by atoms with E-state index in [4.69, 9.17) is 0 Å². The molecule has 2 N–H and O–H groups in total. The summed E-state index contributed by atoms with van der Waals surface area (Å²) >= 11 is 0. The van der Waals surface area contributed by atoms with E-state index in [1.807, 2.05) is 18.2 Å². The maximum atomic E-state index is 13.3. The maximum Gasteiger partial charge on any atom is 0.254 e. The van der Waals surface area contributed by atoms with E-state index in [1.54, 1.807) is 6.33 Å². The molecule has 0 saturated carbocycles. The fourth-order valence-corrected chi connectivity index (χ4v) is 4.33. The third-order valence-electron chi connectivity index (χ3n) is 5.78. The van der Waals surface area contributed by atoms with Crippen molar-refractivity contribution in [2.75, 3.05) is 6.54 Å². The highest BCUT2D eigenvalue weighted by Gasteiger charge is 2.29. The van der Waals surface area contributed by atoms with Gasteiger partial charge in [0.15, 0.2) is 0 Å². The number of hydrogen-bond donors (Lipinski definition) is 2. The standard InChI is InChI=1S/C22H22N4O/c1-2-15-12-17-16-5-3-4-6-18(16)25-19(17)9-10-26(15)22(27)14-7-8-20-21(11-14)24-13-23-20/h3-8,11,13,15,25H,2,9-10,12H2,1H3,(H,23,24). The van der Waals surface area contributed by atoms with Crippen molar-refractivity contribution in [2.24, 2.45) is 0 Å². The molecule has 5 nitrogen and oxygen atoms in total. The number of nitrogens with one attached hydrogen (secondary N) is 2. The first kappa shape index (κ1) is 16.1. The van der Waals surface area contributed by atoms with Crippen LogP contribution in [0.4, 0.5) is 0 Å². The molecule has 27 heavy (non-hydrogen) atoms. The minimum atomic E-state index is 0.104. The largest absolute Gasteiger partial charge is 0.358 e. The van der Waals surface area contributed by atoms with E-state index >= 15 is 0 Å². The number of carbonyl (C=O) groups is 1. The molecule has 1 aliphatic heterocycles. The van der Waals surface area contributed by atoms with Crippen LogP contribution in [0.1, 0.15) is 35.0 Å². The Morgan fingerprint density at radius 3 is 3.00 bits per heavy atom. The van der Waals surface area contributed by atoms with Crippen LogP contribution >= 0.6 is 0 Å². The van der Waals surface area contributed by atoms with Crippen LogP contribution in [0.15, 0.2) is 48.8 Å². The average Bonchev–Trinajstić information content (AvgIpc) is 3.26. The van der Waals surface area contributed by atoms with Crippen LogP contribution in [0.25, 0.3) is 21.9 Å². The molecule has 0 aliphatic carbocycles. The Labute approximate surface area is 157 Å². The molecular formula is C22H22N4O. The molecule has 4 aromatic rings. The fraction of sp³-hybridized carbons (Fsp3) is 0.273. The van der Waals surface area contributed by atoms with Crippen molar-refractivity contribution in [3.8, 4) is 0 Å². The third kappa shape index (κ3) is 2.62. The highest BCUT2D eigenvalue weighted by atomic mass is 16.2.